The van der Waals surface area contributed by atoms with Crippen molar-refractivity contribution >= 4 is 11.0 Å². The fraction of sp³-hybridized carbons (Fsp3) is 0.208. The van der Waals surface area contributed by atoms with Crippen LogP contribution in [0.25, 0.3) is 22.4 Å². The number of fused-ring (bicyclic) bond motifs is 1. The lowest BCUT2D eigenvalue weighted by molar-refractivity contribution is 0.285. The molecule has 0 saturated carbocycles. The van der Waals surface area contributed by atoms with E-state index in [1.54, 1.807) is 7.11 Å². The van der Waals surface area contributed by atoms with Gasteiger partial charge < -0.3 is 14.5 Å². The van der Waals surface area contributed by atoms with E-state index in [1.807, 2.05) is 24.3 Å². The van der Waals surface area contributed by atoms with Gasteiger partial charge in [0.25, 0.3) is 0 Å². The number of rotatable bonds is 5. The molecule has 0 spiro atoms. The van der Waals surface area contributed by atoms with Gasteiger partial charge in [0.05, 0.1) is 23.7 Å². The molecule has 28 heavy (non-hydrogen) atoms. The van der Waals surface area contributed by atoms with E-state index in [9.17, 15) is 0 Å². The summed E-state index contributed by atoms with van der Waals surface area (Å²) in [6, 6.07) is 18.4. The number of hydrogen-bond acceptors (Lipinski definition) is 3. The highest BCUT2D eigenvalue weighted by Gasteiger charge is 2.16. The van der Waals surface area contributed by atoms with Gasteiger partial charge in [-0.25, -0.2) is 4.98 Å². The summed E-state index contributed by atoms with van der Waals surface area (Å²) in [5.41, 5.74) is 7.66. The summed E-state index contributed by atoms with van der Waals surface area (Å²) < 4.78 is 11.8. The number of para-hydroxylation sites is 1. The first-order valence-electron chi connectivity index (χ1n) is 9.38. The monoisotopic (exact) mass is 372 g/mol. The van der Waals surface area contributed by atoms with E-state index >= 15 is 0 Å². The molecule has 4 nitrogen and oxygen atoms in total. The number of hydrogen-bond donors (Lipinski definition) is 1. The zero-order chi connectivity index (χ0) is 19.7. The van der Waals surface area contributed by atoms with Crippen molar-refractivity contribution in [3.8, 4) is 22.9 Å². The fourth-order valence-corrected chi connectivity index (χ4v) is 3.37. The maximum absolute atomic E-state index is 6.21. The molecule has 0 fully saturated rings. The Hall–Kier alpha value is -3.27. The number of ether oxygens (including phenoxy) is 2. The highest BCUT2D eigenvalue weighted by atomic mass is 16.5. The Morgan fingerprint density at radius 2 is 1.71 bits per heavy atom. The molecule has 4 heteroatoms. The topological polar surface area (TPSA) is 47.1 Å². The number of aromatic amines is 1. The molecule has 3 aromatic carbocycles. The zero-order valence-electron chi connectivity index (χ0n) is 16.7. The summed E-state index contributed by atoms with van der Waals surface area (Å²) in [7, 11) is 1.66. The molecule has 4 aromatic rings. The molecule has 0 bridgehead atoms. The maximum atomic E-state index is 6.21. The van der Waals surface area contributed by atoms with Crippen molar-refractivity contribution in [3.05, 3.63) is 76.9 Å². The van der Waals surface area contributed by atoms with Crippen LogP contribution in [-0.4, -0.2) is 17.1 Å². The van der Waals surface area contributed by atoms with Crippen molar-refractivity contribution in [2.24, 2.45) is 0 Å². The van der Waals surface area contributed by atoms with Crippen LogP contribution in [0.3, 0.4) is 0 Å². The molecule has 0 atom stereocenters. The van der Waals surface area contributed by atoms with Crippen LogP contribution in [0.1, 0.15) is 22.3 Å². The average molecular weight is 372 g/mol. The third-order valence-corrected chi connectivity index (χ3v) is 5.02. The third-order valence-electron chi connectivity index (χ3n) is 5.02. The Morgan fingerprint density at radius 3 is 2.50 bits per heavy atom. The number of methoxy groups -OCH3 is 1. The first-order chi connectivity index (χ1) is 13.5. The Labute approximate surface area is 165 Å². The van der Waals surface area contributed by atoms with Gasteiger partial charge in [-0.1, -0.05) is 35.9 Å². The Morgan fingerprint density at radius 1 is 0.929 bits per heavy atom. The van der Waals surface area contributed by atoms with Crippen molar-refractivity contribution in [2.45, 2.75) is 27.4 Å². The summed E-state index contributed by atoms with van der Waals surface area (Å²) in [6.45, 7) is 6.76. The van der Waals surface area contributed by atoms with Crippen LogP contribution in [-0.2, 0) is 6.61 Å². The second kappa shape index (κ2) is 7.39. The van der Waals surface area contributed by atoms with Gasteiger partial charge in [0.15, 0.2) is 11.5 Å². The first kappa shape index (κ1) is 18.1. The van der Waals surface area contributed by atoms with E-state index in [4.69, 9.17) is 14.5 Å². The summed E-state index contributed by atoms with van der Waals surface area (Å²) in [6.07, 6.45) is 0. The van der Waals surface area contributed by atoms with Gasteiger partial charge in [-0.3, -0.25) is 0 Å². The highest BCUT2D eigenvalue weighted by molar-refractivity contribution is 5.82. The van der Waals surface area contributed by atoms with Crippen molar-refractivity contribution in [1.82, 2.24) is 9.97 Å². The number of nitrogens with zero attached hydrogens (tertiary/aromatic N) is 1. The van der Waals surface area contributed by atoms with Crippen LogP contribution < -0.4 is 9.47 Å². The van der Waals surface area contributed by atoms with Gasteiger partial charge in [-0.05, 0) is 61.7 Å². The smallest absolute Gasteiger partial charge is 0.172 e. The van der Waals surface area contributed by atoms with Crippen LogP contribution in [0, 0.1) is 20.8 Å². The van der Waals surface area contributed by atoms with Crippen LogP contribution in [0.15, 0.2) is 54.6 Å². The quantitative estimate of drug-likeness (QED) is 0.486. The number of imidazole rings is 1. The molecule has 1 N–H and O–H groups in total. The molecule has 0 amide bonds. The van der Waals surface area contributed by atoms with Crippen molar-refractivity contribution in [1.29, 1.82) is 0 Å². The van der Waals surface area contributed by atoms with E-state index in [2.05, 4.69) is 56.1 Å². The molecule has 142 valence electrons. The zero-order valence-corrected chi connectivity index (χ0v) is 16.7. The second-order valence-electron chi connectivity index (χ2n) is 7.15. The summed E-state index contributed by atoms with van der Waals surface area (Å²) >= 11 is 0. The van der Waals surface area contributed by atoms with E-state index in [0.717, 1.165) is 28.0 Å². The molecule has 0 saturated heterocycles. The molecule has 0 aliphatic carbocycles. The molecule has 0 unspecified atom stereocenters. The molecular formula is C24H24N2O2. The van der Waals surface area contributed by atoms with Crippen LogP contribution in [0.5, 0.6) is 11.5 Å². The van der Waals surface area contributed by atoms with E-state index in [-0.39, 0.29) is 0 Å². The summed E-state index contributed by atoms with van der Waals surface area (Å²) in [4.78, 5) is 8.23. The molecular weight excluding hydrogens is 348 g/mol. The molecule has 0 aliphatic rings. The van der Waals surface area contributed by atoms with Crippen molar-refractivity contribution in [3.63, 3.8) is 0 Å². The predicted molar refractivity (Wildman–Crippen MR) is 113 cm³/mol. The lowest BCUT2D eigenvalue weighted by Crippen LogP contribution is -2.00. The Balaban J connectivity index is 1.75. The van der Waals surface area contributed by atoms with E-state index in [0.29, 0.717) is 18.1 Å². The average Bonchev–Trinajstić information content (AvgIpc) is 3.09. The number of aryl methyl sites for hydroxylation is 3. The van der Waals surface area contributed by atoms with Gasteiger partial charge in [0.1, 0.15) is 12.4 Å². The Kier molecular flexibility index (Phi) is 4.78. The van der Waals surface area contributed by atoms with Crippen molar-refractivity contribution < 1.29 is 9.47 Å². The van der Waals surface area contributed by atoms with Crippen molar-refractivity contribution in [2.75, 3.05) is 7.11 Å². The molecule has 0 radical (unpaired) electrons. The first-order valence-corrected chi connectivity index (χ1v) is 9.38. The van der Waals surface area contributed by atoms with Gasteiger partial charge in [0.2, 0.25) is 0 Å². The number of nitrogens with one attached hydrogen (secondary N) is 1. The fourth-order valence-electron chi connectivity index (χ4n) is 3.37. The van der Waals surface area contributed by atoms with E-state index in [1.165, 1.54) is 16.7 Å². The standard InChI is InChI=1S/C24H24N2O2/c1-15-7-5-8-18(11-15)14-28-23-19(9-6-10-22(23)27-4)24-25-20-12-16(2)17(3)13-21(20)26-24/h5-13H,14H2,1-4H3,(H,25,26). The lowest BCUT2D eigenvalue weighted by Gasteiger charge is -2.14. The lowest BCUT2D eigenvalue weighted by atomic mass is 10.1. The second-order valence-corrected chi connectivity index (χ2v) is 7.15. The van der Waals surface area contributed by atoms with Crippen LogP contribution >= 0.6 is 0 Å². The third kappa shape index (κ3) is 3.46. The minimum Gasteiger partial charge on any atom is -0.493 e. The number of benzene rings is 3. The predicted octanol–water partition coefficient (Wildman–Crippen LogP) is 5.74. The number of H-pyrrole nitrogens is 1. The minimum atomic E-state index is 0.466. The summed E-state index contributed by atoms with van der Waals surface area (Å²) in [5, 5.41) is 0. The SMILES string of the molecule is COc1cccc(-c2nc3cc(C)c(C)cc3[nH]2)c1OCc1cccc(C)c1. The largest absolute Gasteiger partial charge is 0.493 e. The minimum absolute atomic E-state index is 0.466. The molecule has 1 heterocycles. The van der Waals surface area contributed by atoms with Gasteiger partial charge in [0, 0.05) is 0 Å². The van der Waals surface area contributed by atoms with Gasteiger partial charge in [-0.15, -0.1) is 0 Å². The van der Waals surface area contributed by atoms with Crippen LogP contribution in [0.4, 0.5) is 0 Å². The molecule has 0 aliphatic heterocycles. The Bertz CT molecular complexity index is 1110. The maximum Gasteiger partial charge on any atom is 0.172 e. The molecule has 1 aromatic heterocycles. The molecule has 4 rings (SSSR count). The highest BCUT2D eigenvalue weighted by Crippen LogP contribution is 2.38. The number of aromatic nitrogens is 2. The van der Waals surface area contributed by atoms with Gasteiger partial charge >= 0.3 is 0 Å². The van der Waals surface area contributed by atoms with Crippen LogP contribution in [0.2, 0.25) is 0 Å². The normalized spacial score (nSPS) is 11.0. The summed E-state index contributed by atoms with van der Waals surface area (Å²) in [5.74, 6) is 2.16. The van der Waals surface area contributed by atoms with Gasteiger partial charge in [-0.2, -0.15) is 0 Å². The van der Waals surface area contributed by atoms with E-state index < -0.39 is 0 Å².